The first-order valence-corrected chi connectivity index (χ1v) is 12.3. The van der Waals surface area contributed by atoms with E-state index < -0.39 is 5.41 Å². The van der Waals surface area contributed by atoms with Gasteiger partial charge in [0.25, 0.3) is 0 Å². The Morgan fingerprint density at radius 3 is 2.68 bits per heavy atom. The monoisotopic (exact) mass is 458 g/mol. The minimum absolute atomic E-state index is 0.0372. The highest BCUT2D eigenvalue weighted by Gasteiger charge is 2.41. The molecule has 6 heteroatoms. The van der Waals surface area contributed by atoms with Gasteiger partial charge < -0.3 is 10.1 Å². The number of carbonyl (C=O) groups is 1. The number of anilines is 1. The van der Waals surface area contributed by atoms with E-state index in [4.69, 9.17) is 9.72 Å². The number of carbonyl (C=O) groups excluding carboxylic acids is 1. The molecule has 2 aliphatic heterocycles. The van der Waals surface area contributed by atoms with Crippen LogP contribution in [0, 0.1) is 6.92 Å². The Kier molecular flexibility index (Phi) is 6.28. The molecule has 0 saturated carbocycles. The standard InChI is InChI=1S/C28H34N4O2/c1-20-9-12-24(25-26(20)30-27(33)28(25,2)3)34-18-17-31-13-6-14-32(16-15-31)19-22-11-10-21-7-4-5-8-23(21)29-22/h4-5,7-12H,6,13-19H2,1-3H3,(H,30,33). The molecule has 1 aromatic heterocycles. The van der Waals surface area contributed by atoms with Crippen LogP contribution in [0.5, 0.6) is 5.75 Å². The second-order valence-corrected chi connectivity index (χ2v) is 10.0. The van der Waals surface area contributed by atoms with Crippen molar-refractivity contribution in [1.29, 1.82) is 0 Å². The molecule has 178 valence electrons. The lowest BCUT2D eigenvalue weighted by molar-refractivity contribution is -0.119. The number of nitrogens with zero attached hydrogens (tertiary/aromatic N) is 3. The zero-order valence-electron chi connectivity index (χ0n) is 20.4. The maximum atomic E-state index is 12.5. The number of benzene rings is 2. The third-order valence-corrected chi connectivity index (χ3v) is 7.19. The van der Waals surface area contributed by atoms with E-state index >= 15 is 0 Å². The van der Waals surface area contributed by atoms with Gasteiger partial charge in [-0.15, -0.1) is 0 Å². The van der Waals surface area contributed by atoms with Gasteiger partial charge in [0, 0.05) is 37.1 Å². The summed E-state index contributed by atoms with van der Waals surface area (Å²) in [4.78, 5) is 22.3. The van der Waals surface area contributed by atoms with Crippen molar-refractivity contribution >= 4 is 22.5 Å². The lowest BCUT2D eigenvalue weighted by Gasteiger charge is -2.23. The van der Waals surface area contributed by atoms with E-state index in [1.165, 1.54) is 5.39 Å². The first kappa shape index (κ1) is 22.8. The summed E-state index contributed by atoms with van der Waals surface area (Å²) in [5, 5.41) is 4.23. The zero-order chi connectivity index (χ0) is 23.7. The Morgan fingerprint density at radius 1 is 1.00 bits per heavy atom. The van der Waals surface area contributed by atoms with Gasteiger partial charge in [-0.1, -0.05) is 30.3 Å². The normalized spacial score (nSPS) is 18.5. The summed E-state index contributed by atoms with van der Waals surface area (Å²) >= 11 is 0. The Hall–Kier alpha value is -2.96. The molecule has 0 unspecified atom stereocenters. The number of rotatable bonds is 6. The fourth-order valence-corrected chi connectivity index (χ4v) is 5.09. The summed E-state index contributed by atoms with van der Waals surface area (Å²) in [7, 11) is 0. The van der Waals surface area contributed by atoms with Crippen LogP contribution in [0.15, 0.2) is 48.5 Å². The molecule has 0 aliphatic carbocycles. The van der Waals surface area contributed by atoms with Gasteiger partial charge in [-0.05, 0) is 64.0 Å². The Labute approximate surface area is 201 Å². The summed E-state index contributed by atoms with van der Waals surface area (Å²) in [5.74, 6) is 0.859. The number of pyridine rings is 1. The van der Waals surface area contributed by atoms with Gasteiger partial charge in [-0.2, -0.15) is 0 Å². The van der Waals surface area contributed by atoms with Crippen LogP contribution < -0.4 is 10.1 Å². The van der Waals surface area contributed by atoms with Gasteiger partial charge in [0.1, 0.15) is 12.4 Å². The van der Waals surface area contributed by atoms with Crippen LogP contribution in [0.3, 0.4) is 0 Å². The van der Waals surface area contributed by atoms with Crippen molar-refractivity contribution in [2.75, 3.05) is 44.6 Å². The van der Waals surface area contributed by atoms with E-state index in [1.54, 1.807) is 0 Å². The van der Waals surface area contributed by atoms with E-state index in [0.29, 0.717) is 6.61 Å². The van der Waals surface area contributed by atoms with E-state index in [2.05, 4.69) is 45.4 Å². The number of ether oxygens (including phenoxy) is 1. The highest BCUT2D eigenvalue weighted by molar-refractivity contribution is 6.07. The number of hydrogen-bond acceptors (Lipinski definition) is 5. The molecular weight excluding hydrogens is 424 g/mol. The Balaban J connectivity index is 1.16. The lowest BCUT2D eigenvalue weighted by atomic mass is 9.85. The molecule has 1 fully saturated rings. The van der Waals surface area contributed by atoms with Crippen LogP contribution in [0.1, 0.15) is 37.1 Å². The molecule has 34 heavy (non-hydrogen) atoms. The molecule has 1 amide bonds. The van der Waals surface area contributed by atoms with Crippen LogP contribution in [0.2, 0.25) is 0 Å². The van der Waals surface area contributed by atoms with Crippen LogP contribution in [0.4, 0.5) is 5.69 Å². The van der Waals surface area contributed by atoms with Gasteiger partial charge >= 0.3 is 0 Å². The van der Waals surface area contributed by atoms with Crippen molar-refractivity contribution in [2.45, 2.75) is 39.2 Å². The quantitative estimate of drug-likeness (QED) is 0.595. The van der Waals surface area contributed by atoms with Crippen molar-refractivity contribution in [3.05, 3.63) is 65.4 Å². The van der Waals surface area contributed by atoms with Crippen LogP contribution in [-0.2, 0) is 16.8 Å². The van der Waals surface area contributed by atoms with Crippen molar-refractivity contribution in [3.8, 4) is 5.75 Å². The minimum Gasteiger partial charge on any atom is -0.492 e. The number of aromatic nitrogens is 1. The molecule has 3 heterocycles. The maximum Gasteiger partial charge on any atom is 0.234 e. The van der Waals surface area contributed by atoms with Crippen LogP contribution >= 0.6 is 0 Å². The summed E-state index contributed by atoms with van der Waals surface area (Å²) in [6.45, 7) is 12.6. The number of amides is 1. The molecule has 2 aliphatic rings. The predicted molar refractivity (Wildman–Crippen MR) is 136 cm³/mol. The summed E-state index contributed by atoms with van der Waals surface area (Å²) < 4.78 is 6.24. The second-order valence-electron chi connectivity index (χ2n) is 10.0. The van der Waals surface area contributed by atoms with Crippen molar-refractivity contribution in [3.63, 3.8) is 0 Å². The van der Waals surface area contributed by atoms with Gasteiger partial charge in [-0.25, -0.2) is 0 Å². The molecule has 0 atom stereocenters. The van der Waals surface area contributed by atoms with Crippen molar-refractivity contribution in [1.82, 2.24) is 14.8 Å². The highest BCUT2D eigenvalue weighted by Crippen LogP contribution is 2.44. The molecule has 0 radical (unpaired) electrons. The molecular formula is C28H34N4O2. The number of aryl methyl sites for hydroxylation is 1. The van der Waals surface area contributed by atoms with Gasteiger partial charge in [0.2, 0.25) is 5.91 Å². The van der Waals surface area contributed by atoms with Crippen LogP contribution in [-0.4, -0.2) is 60.0 Å². The topological polar surface area (TPSA) is 57.7 Å². The summed E-state index contributed by atoms with van der Waals surface area (Å²) in [5.41, 5.74) is 4.61. The molecule has 5 rings (SSSR count). The SMILES string of the molecule is Cc1ccc(OCCN2CCCN(Cc3ccc4ccccc4n3)CC2)c2c1NC(=O)C2(C)C. The first-order valence-electron chi connectivity index (χ1n) is 12.3. The minimum atomic E-state index is -0.573. The molecule has 3 aromatic rings. The van der Waals surface area contributed by atoms with Gasteiger partial charge in [0.15, 0.2) is 0 Å². The maximum absolute atomic E-state index is 12.5. The van der Waals surface area contributed by atoms with E-state index in [1.807, 2.05) is 39.0 Å². The van der Waals surface area contributed by atoms with Gasteiger partial charge in [-0.3, -0.25) is 19.6 Å². The third-order valence-electron chi connectivity index (χ3n) is 7.19. The molecule has 0 bridgehead atoms. The van der Waals surface area contributed by atoms with Crippen molar-refractivity contribution in [2.24, 2.45) is 0 Å². The molecule has 6 nitrogen and oxygen atoms in total. The average Bonchev–Trinajstić information content (AvgIpc) is 2.95. The van der Waals surface area contributed by atoms with E-state index in [-0.39, 0.29) is 5.91 Å². The summed E-state index contributed by atoms with van der Waals surface area (Å²) in [6.07, 6.45) is 1.14. The molecule has 1 saturated heterocycles. The highest BCUT2D eigenvalue weighted by atomic mass is 16.5. The second kappa shape index (κ2) is 9.35. The Morgan fingerprint density at radius 2 is 1.79 bits per heavy atom. The third kappa shape index (κ3) is 4.52. The van der Waals surface area contributed by atoms with Crippen LogP contribution in [0.25, 0.3) is 10.9 Å². The molecule has 2 aromatic carbocycles. The smallest absolute Gasteiger partial charge is 0.234 e. The zero-order valence-corrected chi connectivity index (χ0v) is 20.4. The average molecular weight is 459 g/mol. The molecule has 1 N–H and O–H groups in total. The number of fused-ring (bicyclic) bond motifs is 2. The number of nitrogens with one attached hydrogen (secondary N) is 1. The van der Waals surface area contributed by atoms with Crippen molar-refractivity contribution < 1.29 is 9.53 Å². The fraction of sp³-hybridized carbons (Fsp3) is 0.429. The lowest BCUT2D eigenvalue weighted by Crippen LogP contribution is -2.33. The van der Waals surface area contributed by atoms with E-state index in [0.717, 1.165) is 79.5 Å². The number of hydrogen-bond donors (Lipinski definition) is 1. The molecule has 0 spiro atoms. The van der Waals surface area contributed by atoms with E-state index in [9.17, 15) is 4.79 Å². The summed E-state index contributed by atoms with van der Waals surface area (Å²) in [6, 6.07) is 16.7. The Bertz CT molecular complexity index is 1210. The van der Waals surface area contributed by atoms with Gasteiger partial charge in [0.05, 0.1) is 22.3 Å². The largest absolute Gasteiger partial charge is 0.492 e. The predicted octanol–water partition coefficient (Wildman–Crippen LogP) is 4.36. The fourth-order valence-electron chi connectivity index (χ4n) is 5.09. The number of para-hydroxylation sites is 1. The first-order chi connectivity index (χ1) is 16.4.